The minimum Gasteiger partial charge on any atom is -0.493 e. The number of fused-ring (bicyclic) bond motifs is 1. The van der Waals surface area contributed by atoms with Crippen LogP contribution in [0.25, 0.3) is 10.8 Å². The Balaban J connectivity index is 1.51. The first-order chi connectivity index (χ1) is 17.1. The smallest absolute Gasteiger partial charge is 0.269 e. The summed E-state index contributed by atoms with van der Waals surface area (Å²) in [5, 5.41) is 17.4. The van der Waals surface area contributed by atoms with Crippen LogP contribution in [0.3, 0.4) is 0 Å². The molecule has 4 aromatic rings. The Labute approximate surface area is 202 Å². The molecule has 1 N–H and O–H groups in total. The fraction of sp³-hybridized carbons (Fsp3) is 0.148. The van der Waals surface area contributed by atoms with E-state index in [1.165, 1.54) is 12.1 Å². The number of ether oxygens (including phenoxy) is 3. The molecule has 35 heavy (non-hydrogen) atoms. The van der Waals surface area contributed by atoms with Crippen molar-refractivity contribution in [3.05, 3.63) is 106 Å². The lowest BCUT2D eigenvalue weighted by atomic mass is 10.0. The van der Waals surface area contributed by atoms with Crippen molar-refractivity contribution in [2.45, 2.75) is 13.2 Å². The summed E-state index contributed by atoms with van der Waals surface area (Å²) in [5.74, 6) is 2.00. The number of rotatable bonds is 10. The van der Waals surface area contributed by atoms with Gasteiger partial charge in [-0.05, 0) is 52.2 Å². The minimum absolute atomic E-state index is 0.0489. The van der Waals surface area contributed by atoms with E-state index < -0.39 is 4.92 Å². The Kier molecular flexibility index (Phi) is 7.42. The standard InChI is InChI=1S/C27H25N3O5/c1-33-26-13-9-20(15-27(26)34-2)16-28-29-17-24-23-6-4-3-5-21(23)10-14-25(24)35-18-19-7-11-22(12-8-19)30(31)32/h3-15,17,28H,16,18H2,1-2H3/b29-17-. The molecule has 0 aliphatic heterocycles. The van der Waals surface area contributed by atoms with Gasteiger partial charge in [0.15, 0.2) is 11.5 Å². The summed E-state index contributed by atoms with van der Waals surface area (Å²) in [4.78, 5) is 10.5. The van der Waals surface area contributed by atoms with E-state index >= 15 is 0 Å². The third kappa shape index (κ3) is 5.67. The second kappa shape index (κ2) is 11.0. The molecule has 0 spiro atoms. The van der Waals surface area contributed by atoms with Gasteiger partial charge in [0.1, 0.15) is 12.4 Å². The van der Waals surface area contributed by atoms with Crippen LogP contribution in [-0.2, 0) is 13.2 Å². The first-order valence-electron chi connectivity index (χ1n) is 10.9. The summed E-state index contributed by atoms with van der Waals surface area (Å²) in [7, 11) is 3.21. The second-order valence-electron chi connectivity index (χ2n) is 7.69. The number of benzene rings is 4. The predicted octanol–water partition coefficient (Wildman–Crippen LogP) is 5.47. The molecule has 178 valence electrons. The molecule has 0 bridgehead atoms. The average Bonchev–Trinajstić information content (AvgIpc) is 2.90. The Morgan fingerprint density at radius 1 is 0.886 bits per heavy atom. The van der Waals surface area contributed by atoms with Crippen LogP contribution < -0.4 is 19.6 Å². The molecule has 0 aliphatic carbocycles. The number of hydrogen-bond acceptors (Lipinski definition) is 7. The molecule has 0 saturated carbocycles. The lowest BCUT2D eigenvalue weighted by Crippen LogP contribution is -2.07. The van der Waals surface area contributed by atoms with Crippen molar-refractivity contribution in [2.24, 2.45) is 5.10 Å². The van der Waals surface area contributed by atoms with Crippen molar-refractivity contribution in [3.63, 3.8) is 0 Å². The van der Waals surface area contributed by atoms with E-state index in [9.17, 15) is 10.1 Å². The molecule has 8 nitrogen and oxygen atoms in total. The van der Waals surface area contributed by atoms with E-state index in [0.29, 0.717) is 23.8 Å². The van der Waals surface area contributed by atoms with E-state index in [1.807, 2.05) is 54.6 Å². The van der Waals surface area contributed by atoms with Crippen molar-refractivity contribution in [2.75, 3.05) is 14.2 Å². The molecule has 0 amide bonds. The molecular formula is C27H25N3O5. The van der Waals surface area contributed by atoms with Gasteiger partial charge in [0.05, 0.1) is 31.9 Å². The van der Waals surface area contributed by atoms with Gasteiger partial charge in [-0.2, -0.15) is 5.10 Å². The maximum absolute atomic E-state index is 10.9. The fourth-order valence-electron chi connectivity index (χ4n) is 3.65. The van der Waals surface area contributed by atoms with Crippen LogP contribution in [0.4, 0.5) is 5.69 Å². The van der Waals surface area contributed by atoms with E-state index in [-0.39, 0.29) is 12.3 Å². The van der Waals surface area contributed by atoms with Crippen LogP contribution in [0.5, 0.6) is 17.2 Å². The molecule has 4 rings (SSSR count). The number of nitrogens with one attached hydrogen (secondary N) is 1. The summed E-state index contributed by atoms with van der Waals surface area (Å²) < 4.78 is 16.7. The zero-order valence-electron chi connectivity index (χ0n) is 19.4. The molecule has 0 saturated heterocycles. The molecule has 0 aliphatic rings. The van der Waals surface area contributed by atoms with Gasteiger partial charge in [0, 0.05) is 17.7 Å². The molecule has 0 fully saturated rings. The van der Waals surface area contributed by atoms with Crippen LogP contribution in [0.1, 0.15) is 16.7 Å². The van der Waals surface area contributed by atoms with Crippen molar-refractivity contribution < 1.29 is 19.1 Å². The maximum atomic E-state index is 10.9. The monoisotopic (exact) mass is 471 g/mol. The maximum Gasteiger partial charge on any atom is 0.269 e. The molecule has 0 atom stereocenters. The first-order valence-corrected chi connectivity index (χ1v) is 10.9. The van der Waals surface area contributed by atoms with Gasteiger partial charge in [-0.15, -0.1) is 0 Å². The number of methoxy groups -OCH3 is 2. The second-order valence-corrected chi connectivity index (χ2v) is 7.69. The van der Waals surface area contributed by atoms with Gasteiger partial charge in [0.25, 0.3) is 5.69 Å². The minimum atomic E-state index is -0.419. The third-order valence-electron chi connectivity index (χ3n) is 5.49. The van der Waals surface area contributed by atoms with Gasteiger partial charge in [0.2, 0.25) is 0 Å². The highest BCUT2D eigenvalue weighted by atomic mass is 16.6. The highest BCUT2D eigenvalue weighted by Crippen LogP contribution is 2.29. The lowest BCUT2D eigenvalue weighted by molar-refractivity contribution is -0.384. The highest BCUT2D eigenvalue weighted by Gasteiger charge is 2.09. The molecule has 4 aromatic carbocycles. The van der Waals surface area contributed by atoms with Gasteiger partial charge in [-0.3, -0.25) is 10.1 Å². The summed E-state index contributed by atoms with van der Waals surface area (Å²) in [6, 6.07) is 23.9. The van der Waals surface area contributed by atoms with Crippen LogP contribution in [0, 0.1) is 10.1 Å². The summed E-state index contributed by atoms with van der Waals surface area (Å²) >= 11 is 0. The Hall–Kier alpha value is -4.59. The zero-order valence-corrected chi connectivity index (χ0v) is 19.4. The van der Waals surface area contributed by atoms with Crippen molar-refractivity contribution in [3.8, 4) is 17.2 Å². The van der Waals surface area contributed by atoms with Crippen LogP contribution in [0.15, 0.2) is 84.0 Å². The fourth-order valence-corrected chi connectivity index (χ4v) is 3.65. The number of hydrazone groups is 1. The van der Waals surface area contributed by atoms with Gasteiger partial charge in [-0.1, -0.05) is 36.4 Å². The lowest BCUT2D eigenvalue weighted by Gasteiger charge is -2.12. The summed E-state index contributed by atoms with van der Waals surface area (Å²) in [6.45, 7) is 0.775. The SMILES string of the molecule is COc1ccc(CN/N=C\c2c(OCc3ccc([N+](=O)[O-])cc3)ccc3ccccc23)cc1OC. The molecule has 0 radical (unpaired) electrons. The predicted molar refractivity (Wildman–Crippen MR) is 135 cm³/mol. The van der Waals surface area contributed by atoms with Gasteiger partial charge in [-0.25, -0.2) is 0 Å². The quantitative estimate of drug-likeness (QED) is 0.187. The topological polar surface area (TPSA) is 95.2 Å². The Morgan fingerprint density at radius 2 is 1.60 bits per heavy atom. The third-order valence-corrected chi connectivity index (χ3v) is 5.49. The Bertz CT molecular complexity index is 1350. The number of nitro groups is 1. The zero-order chi connectivity index (χ0) is 24.6. The molecular weight excluding hydrogens is 446 g/mol. The first kappa shape index (κ1) is 23.6. The Morgan fingerprint density at radius 3 is 2.34 bits per heavy atom. The van der Waals surface area contributed by atoms with E-state index in [4.69, 9.17) is 14.2 Å². The molecule has 0 unspecified atom stereocenters. The van der Waals surface area contributed by atoms with E-state index in [1.54, 1.807) is 32.6 Å². The number of non-ortho nitro benzene ring substituents is 1. The average molecular weight is 472 g/mol. The van der Waals surface area contributed by atoms with Crippen LogP contribution >= 0.6 is 0 Å². The molecule has 0 aromatic heterocycles. The summed E-state index contributed by atoms with van der Waals surface area (Å²) in [6.07, 6.45) is 1.74. The summed E-state index contributed by atoms with van der Waals surface area (Å²) in [5.41, 5.74) is 5.79. The van der Waals surface area contributed by atoms with Gasteiger partial charge < -0.3 is 19.6 Å². The van der Waals surface area contributed by atoms with Gasteiger partial charge >= 0.3 is 0 Å². The largest absolute Gasteiger partial charge is 0.493 e. The van der Waals surface area contributed by atoms with Crippen LogP contribution in [0.2, 0.25) is 0 Å². The van der Waals surface area contributed by atoms with Crippen molar-refractivity contribution in [1.29, 1.82) is 0 Å². The molecule has 0 heterocycles. The number of hydrogen-bond donors (Lipinski definition) is 1. The normalized spacial score (nSPS) is 10.9. The van der Waals surface area contributed by atoms with Crippen LogP contribution in [-0.4, -0.2) is 25.4 Å². The number of nitrogens with zero attached hydrogens (tertiary/aromatic N) is 2. The van der Waals surface area contributed by atoms with Crippen molar-refractivity contribution >= 4 is 22.7 Å². The number of nitro benzene ring substituents is 1. The van der Waals surface area contributed by atoms with E-state index in [2.05, 4.69) is 10.5 Å². The molecule has 8 heteroatoms. The van der Waals surface area contributed by atoms with Crippen molar-refractivity contribution in [1.82, 2.24) is 5.43 Å². The highest BCUT2D eigenvalue weighted by molar-refractivity contribution is 6.02. The van der Waals surface area contributed by atoms with E-state index in [0.717, 1.165) is 27.5 Å².